The van der Waals surface area contributed by atoms with E-state index in [-0.39, 0.29) is 11.3 Å². The monoisotopic (exact) mass is 264 g/mol. The van der Waals surface area contributed by atoms with Crippen LogP contribution in [0.15, 0.2) is 18.3 Å². The van der Waals surface area contributed by atoms with Gasteiger partial charge < -0.3 is 16.0 Å². The van der Waals surface area contributed by atoms with Crippen LogP contribution in [0.5, 0.6) is 0 Å². The minimum atomic E-state index is -0.143. The zero-order valence-corrected chi connectivity index (χ0v) is 12.2. The molecule has 0 fully saturated rings. The van der Waals surface area contributed by atoms with Crippen LogP contribution in [0.3, 0.4) is 0 Å². The summed E-state index contributed by atoms with van der Waals surface area (Å²) in [5.74, 6) is -0.143. The van der Waals surface area contributed by atoms with Gasteiger partial charge in [-0.25, -0.2) is 0 Å². The number of nitrogens with one attached hydrogen (secondary N) is 1. The first kappa shape index (κ1) is 15.6. The largest absolute Gasteiger partial charge is 0.350 e. The molecule has 0 atom stereocenters. The third-order valence-corrected chi connectivity index (χ3v) is 2.76. The highest BCUT2D eigenvalue weighted by atomic mass is 16.1. The van der Waals surface area contributed by atoms with Gasteiger partial charge in [0.1, 0.15) is 5.69 Å². The number of nitrogens with two attached hydrogens (primary N) is 1. The second-order valence-corrected chi connectivity index (χ2v) is 5.84. The quantitative estimate of drug-likeness (QED) is 0.799. The van der Waals surface area contributed by atoms with E-state index in [1.165, 1.54) is 0 Å². The van der Waals surface area contributed by atoms with E-state index in [0.717, 1.165) is 12.1 Å². The predicted octanol–water partition coefficient (Wildman–Crippen LogP) is 0.858. The molecule has 5 heteroatoms. The average Bonchev–Trinajstić information content (AvgIpc) is 2.34. The molecule has 19 heavy (non-hydrogen) atoms. The molecule has 0 saturated heterocycles. The van der Waals surface area contributed by atoms with Crippen molar-refractivity contribution in [2.24, 2.45) is 11.1 Å². The first-order valence-corrected chi connectivity index (χ1v) is 6.42. The maximum Gasteiger partial charge on any atom is 0.269 e. The lowest BCUT2D eigenvalue weighted by Crippen LogP contribution is -2.40. The molecule has 0 saturated carbocycles. The minimum Gasteiger partial charge on any atom is -0.350 e. The standard InChI is InChI=1S/C14H24N4O/c1-14(2,10-18(3)4)9-17-13(19)12-6-5-11(7-15)8-16-12/h5-6,8H,7,9-10,15H2,1-4H3,(H,17,19). The molecular formula is C14H24N4O. The Morgan fingerprint density at radius 2 is 2.11 bits per heavy atom. The van der Waals surface area contributed by atoms with Crippen LogP contribution in [0, 0.1) is 5.41 Å². The molecule has 0 aliphatic carbocycles. The van der Waals surface area contributed by atoms with Gasteiger partial charge in [0.05, 0.1) is 0 Å². The Balaban J connectivity index is 2.55. The first-order valence-electron chi connectivity index (χ1n) is 6.42. The Bertz CT molecular complexity index is 412. The molecule has 0 aliphatic rings. The van der Waals surface area contributed by atoms with E-state index >= 15 is 0 Å². The van der Waals surface area contributed by atoms with Gasteiger partial charge in [0, 0.05) is 25.8 Å². The molecule has 1 heterocycles. The molecule has 0 radical (unpaired) electrons. The highest BCUT2D eigenvalue weighted by Gasteiger charge is 2.20. The van der Waals surface area contributed by atoms with E-state index in [1.807, 2.05) is 20.2 Å². The second kappa shape index (κ2) is 6.63. The number of amides is 1. The van der Waals surface area contributed by atoms with Crippen LogP contribution in [-0.4, -0.2) is 43.0 Å². The maximum absolute atomic E-state index is 12.0. The van der Waals surface area contributed by atoms with Gasteiger partial charge in [-0.15, -0.1) is 0 Å². The van der Waals surface area contributed by atoms with Crippen molar-refractivity contribution in [2.75, 3.05) is 27.2 Å². The van der Waals surface area contributed by atoms with Gasteiger partial charge in [-0.3, -0.25) is 9.78 Å². The number of rotatable bonds is 6. The highest BCUT2D eigenvalue weighted by molar-refractivity contribution is 5.92. The van der Waals surface area contributed by atoms with Crippen molar-refractivity contribution >= 4 is 5.91 Å². The molecule has 1 rings (SSSR count). The van der Waals surface area contributed by atoms with Crippen molar-refractivity contribution in [3.63, 3.8) is 0 Å². The number of pyridine rings is 1. The molecule has 3 N–H and O–H groups in total. The van der Waals surface area contributed by atoms with Crippen LogP contribution < -0.4 is 11.1 Å². The number of aromatic nitrogens is 1. The van der Waals surface area contributed by atoms with Gasteiger partial charge in [0.2, 0.25) is 0 Å². The summed E-state index contributed by atoms with van der Waals surface area (Å²) in [6.45, 7) is 6.21. The molecule has 1 aromatic rings. The maximum atomic E-state index is 12.0. The molecule has 5 nitrogen and oxygen atoms in total. The van der Waals surface area contributed by atoms with Crippen LogP contribution in [0.2, 0.25) is 0 Å². The zero-order chi connectivity index (χ0) is 14.5. The Labute approximate surface area is 115 Å². The molecule has 0 bridgehead atoms. The van der Waals surface area contributed by atoms with Crippen LogP contribution in [-0.2, 0) is 6.54 Å². The Kier molecular flexibility index (Phi) is 5.44. The van der Waals surface area contributed by atoms with Gasteiger partial charge in [-0.2, -0.15) is 0 Å². The fourth-order valence-corrected chi connectivity index (χ4v) is 2.00. The van der Waals surface area contributed by atoms with Gasteiger partial charge in [0.15, 0.2) is 0 Å². The number of hydrogen-bond donors (Lipinski definition) is 2. The molecule has 106 valence electrons. The average molecular weight is 264 g/mol. The van der Waals surface area contributed by atoms with Crippen LogP contribution in [0.25, 0.3) is 0 Å². The van der Waals surface area contributed by atoms with Crippen molar-refractivity contribution in [3.05, 3.63) is 29.6 Å². The predicted molar refractivity (Wildman–Crippen MR) is 76.8 cm³/mol. The van der Waals surface area contributed by atoms with Crippen molar-refractivity contribution in [2.45, 2.75) is 20.4 Å². The molecule has 1 aromatic heterocycles. The summed E-state index contributed by atoms with van der Waals surface area (Å²) < 4.78 is 0. The van der Waals surface area contributed by atoms with E-state index in [0.29, 0.717) is 18.8 Å². The lowest BCUT2D eigenvalue weighted by Gasteiger charge is -2.28. The summed E-state index contributed by atoms with van der Waals surface area (Å²) >= 11 is 0. The van der Waals surface area contributed by atoms with Crippen molar-refractivity contribution in [1.82, 2.24) is 15.2 Å². The first-order chi connectivity index (χ1) is 8.84. The smallest absolute Gasteiger partial charge is 0.269 e. The Morgan fingerprint density at radius 3 is 2.58 bits per heavy atom. The number of carbonyl (C=O) groups excluding carboxylic acids is 1. The molecule has 0 spiro atoms. The molecule has 1 amide bonds. The summed E-state index contributed by atoms with van der Waals surface area (Å²) in [7, 11) is 4.05. The SMILES string of the molecule is CN(C)CC(C)(C)CNC(=O)c1ccc(CN)cn1. The number of nitrogens with zero attached hydrogens (tertiary/aromatic N) is 2. The van der Waals surface area contributed by atoms with Crippen molar-refractivity contribution < 1.29 is 4.79 Å². The number of carbonyl (C=O) groups is 1. The highest BCUT2D eigenvalue weighted by Crippen LogP contribution is 2.14. The fourth-order valence-electron chi connectivity index (χ4n) is 2.00. The second-order valence-electron chi connectivity index (χ2n) is 5.84. The van der Waals surface area contributed by atoms with Gasteiger partial charge in [0.25, 0.3) is 5.91 Å². The topological polar surface area (TPSA) is 71.2 Å². The zero-order valence-electron chi connectivity index (χ0n) is 12.2. The Hall–Kier alpha value is -1.46. The Morgan fingerprint density at radius 1 is 1.42 bits per heavy atom. The summed E-state index contributed by atoms with van der Waals surface area (Å²) in [5.41, 5.74) is 6.87. The van der Waals surface area contributed by atoms with Crippen LogP contribution in [0.4, 0.5) is 0 Å². The van der Waals surface area contributed by atoms with E-state index in [9.17, 15) is 4.79 Å². The van der Waals surface area contributed by atoms with Crippen LogP contribution >= 0.6 is 0 Å². The van der Waals surface area contributed by atoms with E-state index in [1.54, 1.807) is 12.3 Å². The third kappa shape index (κ3) is 5.36. The van der Waals surface area contributed by atoms with E-state index < -0.39 is 0 Å². The molecule has 0 aliphatic heterocycles. The normalized spacial score (nSPS) is 11.7. The summed E-state index contributed by atoms with van der Waals surface area (Å²) in [6, 6.07) is 3.53. The lowest BCUT2D eigenvalue weighted by molar-refractivity contribution is 0.0924. The lowest BCUT2D eigenvalue weighted by atomic mass is 9.93. The van der Waals surface area contributed by atoms with Crippen LogP contribution in [0.1, 0.15) is 29.9 Å². The summed E-state index contributed by atoms with van der Waals surface area (Å²) in [6.07, 6.45) is 1.64. The summed E-state index contributed by atoms with van der Waals surface area (Å²) in [5, 5.41) is 2.92. The molecule has 0 aromatic carbocycles. The van der Waals surface area contributed by atoms with Gasteiger partial charge in [-0.1, -0.05) is 19.9 Å². The van der Waals surface area contributed by atoms with Crippen molar-refractivity contribution in [1.29, 1.82) is 0 Å². The molecular weight excluding hydrogens is 240 g/mol. The molecule has 0 unspecified atom stereocenters. The minimum absolute atomic E-state index is 0.0242. The van der Waals surface area contributed by atoms with E-state index in [2.05, 4.69) is 29.0 Å². The summed E-state index contributed by atoms with van der Waals surface area (Å²) in [4.78, 5) is 18.2. The van der Waals surface area contributed by atoms with Gasteiger partial charge >= 0.3 is 0 Å². The van der Waals surface area contributed by atoms with E-state index in [4.69, 9.17) is 5.73 Å². The van der Waals surface area contributed by atoms with Crippen molar-refractivity contribution in [3.8, 4) is 0 Å². The third-order valence-electron chi connectivity index (χ3n) is 2.76. The van der Waals surface area contributed by atoms with Gasteiger partial charge in [-0.05, 0) is 31.1 Å². The number of hydrogen-bond acceptors (Lipinski definition) is 4. The fraction of sp³-hybridized carbons (Fsp3) is 0.571.